The van der Waals surface area contributed by atoms with Crippen LogP contribution in [0.2, 0.25) is 0 Å². The number of aryl methyl sites for hydroxylation is 1. The van der Waals surface area contributed by atoms with E-state index in [1.165, 1.54) is 11.1 Å². The molecule has 6 heteroatoms. The number of aliphatic hydroxyl groups is 1. The second kappa shape index (κ2) is 11.4. The van der Waals surface area contributed by atoms with E-state index in [1.807, 2.05) is 18.2 Å². The first-order valence-electron chi connectivity index (χ1n) is 10.6. The maximum Gasteiger partial charge on any atom is 0.162 e. The molecule has 0 aliphatic carbocycles. The van der Waals surface area contributed by atoms with Gasteiger partial charge in [-0.1, -0.05) is 42.2 Å². The van der Waals surface area contributed by atoms with Crippen LogP contribution in [0, 0.1) is 18.8 Å². The summed E-state index contributed by atoms with van der Waals surface area (Å²) < 4.78 is 16.6. The molecule has 1 aliphatic heterocycles. The summed E-state index contributed by atoms with van der Waals surface area (Å²) >= 11 is 4.27. The van der Waals surface area contributed by atoms with Gasteiger partial charge in [0.15, 0.2) is 11.5 Å². The molecule has 2 N–H and O–H groups in total. The third-order valence-electron chi connectivity index (χ3n) is 5.35. The van der Waals surface area contributed by atoms with Gasteiger partial charge in [-0.25, -0.2) is 0 Å². The van der Waals surface area contributed by atoms with E-state index in [9.17, 15) is 5.11 Å². The summed E-state index contributed by atoms with van der Waals surface area (Å²) in [6.07, 6.45) is 1.85. The average Bonchev–Trinajstić information content (AvgIpc) is 2.75. The largest absolute Gasteiger partial charge is 0.493 e. The number of benzene rings is 2. The summed E-state index contributed by atoms with van der Waals surface area (Å²) in [6, 6.07) is 14.3. The number of thiol groups is 1. The predicted molar refractivity (Wildman–Crippen MR) is 126 cm³/mol. The summed E-state index contributed by atoms with van der Waals surface area (Å²) in [5.74, 6) is 7.14. The first-order chi connectivity index (χ1) is 15.0. The van der Waals surface area contributed by atoms with Crippen LogP contribution in [0.15, 0.2) is 42.5 Å². The van der Waals surface area contributed by atoms with Crippen LogP contribution < -0.4 is 14.8 Å². The van der Waals surface area contributed by atoms with E-state index in [0.29, 0.717) is 30.9 Å². The topological polar surface area (TPSA) is 60.0 Å². The fourth-order valence-electron chi connectivity index (χ4n) is 3.53. The first kappa shape index (κ1) is 23.5. The van der Waals surface area contributed by atoms with Crippen LogP contribution in [0.5, 0.6) is 11.5 Å². The second-order valence-electron chi connectivity index (χ2n) is 7.74. The van der Waals surface area contributed by atoms with Crippen LogP contribution in [0.3, 0.4) is 0 Å². The predicted octanol–water partition coefficient (Wildman–Crippen LogP) is 3.52. The molecule has 0 spiro atoms. The number of rotatable bonds is 8. The van der Waals surface area contributed by atoms with Gasteiger partial charge in [0.1, 0.15) is 17.6 Å². The van der Waals surface area contributed by atoms with E-state index in [4.69, 9.17) is 14.2 Å². The van der Waals surface area contributed by atoms with Crippen LogP contribution in [-0.2, 0) is 17.7 Å². The van der Waals surface area contributed by atoms with E-state index in [-0.39, 0.29) is 12.0 Å². The Labute approximate surface area is 190 Å². The van der Waals surface area contributed by atoms with Crippen molar-refractivity contribution >= 4 is 12.6 Å². The van der Waals surface area contributed by atoms with Crippen molar-refractivity contribution in [3.8, 4) is 23.3 Å². The number of methoxy groups -OCH3 is 1. The van der Waals surface area contributed by atoms with Crippen molar-refractivity contribution < 1.29 is 19.3 Å². The molecule has 1 aliphatic rings. The quantitative estimate of drug-likeness (QED) is 0.332. The Morgan fingerprint density at radius 3 is 2.87 bits per heavy atom. The molecule has 2 atom stereocenters. The number of hydrogen-bond acceptors (Lipinski definition) is 6. The molecule has 2 aromatic carbocycles. The van der Waals surface area contributed by atoms with E-state index in [0.717, 1.165) is 25.1 Å². The van der Waals surface area contributed by atoms with Gasteiger partial charge in [-0.05, 0) is 48.7 Å². The van der Waals surface area contributed by atoms with Crippen LogP contribution >= 0.6 is 12.6 Å². The number of ether oxygens (including phenoxy) is 3. The zero-order valence-electron chi connectivity index (χ0n) is 18.2. The number of nitrogens with one attached hydrogen (secondary N) is 1. The number of hydrogen-bond donors (Lipinski definition) is 3. The summed E-state index contributed by atoms with van der Waals surface area (Å²) in [4.78, 5) is 0. The van der Waals surface area contributed by atoms with Crippen LogP contribution in [0.4, 0.5) is 0 Å². The fourth-order valence-corrected chi connectivity index (χ4v) is 3.94. The average molecular weight is 442 g/mol. The molecule has 0 bridgehead atoms. The van der Waals surface area contributed by atoms with Crippen molar-refractivity contribution in [2.75, 3.05) is 26.9 Å². The van der Waals surface area contributed by atoms with Crippen molar-refractivity contribution in [3.05, 3.63) is 59.2 Å². The van der Waals surface area contributed by atoms with Gasteiger partial charge in [0.25, 0.3) is 0 Å². The molecule has 0 amide bonds. The van der Waals surface area contributed by atoms with Crippen LogP contribution in [-0.4, -0.2) is 43.0 Å². The molecule has 5 nitrogen and oxygen atoms in total. The van der Waals surface area contributed by atoms with Crippen molar-refractivity contribution in [3.63, 3.8) is 0 Å². The zero-order chi connectivity index (χ0) is 22.1. The van der Waals surface area contributed by atoms with E-state index in [1.54, 1.807) is 7.11 Å². The molecule has 1 heterocycles. The lowest BCUT2D eigenvalue weighted by molar-refractivity contribution is -0.0393. The maximum atomic E-state index is 10.5. The smallest absolute Gasteiger partial charge is 0.162 e. The van der Waals surface area contributed by atoms with E-state index in [2.05, 4.69) is 61.0 Å². The normalized spacial score (nSPS) is 20.6. The van der Waals surface area contributed by atoms with Crippen molar-refractivity contribution in [1.29, 1.82) is 0 Å². The van der Waals surface area contributed by atoms with Gasteiger partial charge in [-0.3, -0.25) is 0 Å². The molecule has 1 saturated heterocycles. The molecule has 2 unspecified atom stereocenters. The minimum atomic E-state index is -1.07. The SMILES string of the molecule is COc1ccc(CNCCc2ccccc2C)cc1OCC#CC1(O)CCOC(S)C1. The second-order valence-corrected chi connectivity index (χ2v) is 8.32. The zero-order valence-corrected chi connectivity index (χ0v) is 19.1. The van der Waals surface area contributed by atoms with Gasteiger partial charge < -0.3 is 24.6 Å². The third-order valence-corrected chi connectivity index (χ3v) is 5.68. The molecule has 166 valence electrons. The maximum absolute atomic E-state index is 10.5. The monoisotopic (exact) mass is 441 g/mol. The molecule has 2 aromatic rings. The van der Waals surface area contributed by atoms with Crippen LogP contribution in [0.1, 0.15) is 29.5 Å². The summed E-state index contributed by atoms with van der Waals surface area (Å²) in [5, 5.41) is 14.0. The van der Waals surface area contributed by atoms with Crippen molar-refractivity contribution in [2.45, 2.75) is 43.8 Å². The highest BCUT2D eigenvalue weighted by Gasteiger charge is 2.31. The lowest BCUT2D eigenvalue weighted by atomic mass is 9.95. The summed E-state index contributed by atoms with van der Waals surface area (Å²) in [6.45, 7) is 4.39. The first-order valence-corrected chi connectivity index (χ1v) is 11.1. The molecule has 0 radical (unpaired) electrons. The molecule has 1 fully saturated rings. The molecule has 0 aromatic heterocycles. The van der Waals surface area contributed by atoms with Crippen molar-refractivity contribution in [2.24, 2.45) is 0 Å². The summed E-state index contributed by atoms with van der Waals surface area (Å²) in [5.41, 5.74) is 2.43. The Morgan fingerprint density at radius 2 is 2.10 bits per heavy atom. The minimum absolute atomic E-state index is 0.168. The molecule has 31 heavy (non-hydrogen) atoms. The van der Waals surface area contributed by atoms with Gasteiger partial charge in [0.05, 0.1) is 13.7 Å². The standard InChI is InChI=1S/C25H31NO4S/c1-19-6-3-4-7-21(19)10-13-26-18-20-8-9-22(28-2)23(16-20)29-14-5-11-25(27)12-15-30-24(31)17-25/h3-4,6-9,16,24,26-27,31H,10,12-15,17-18H2,1-2H3. The lowest BCUT2D eigenvalue weighted by Gasteiger charge is -2.30. The highest BCUT2D eigenvalue weighted by Crippen LogP contribution is 2.28. The minimum Gasteiger partial charge on any atom is -0.493 e. The summed E-state index contributed by atoms with van der Waals surface area (Å²) in [7, 11) is 1.62. The molecule has 0 saturated carbocycles. The molecular formula is C25H31NO4S. The Morgan fingerprint density at radius 1 is 1.26 bits per heavy atom. The Hall–Kier alpha value is -2.17. The Kier molecular flexibility index (Phi) is 8.68. The highest BCUT2D eigenvalue weighted by molar-refractivity contribution is 7.80. The highest BCUT2D eigenvalue weighted by atomic mass is 32.1. The fraction of sp³-hybridized carbons (Fsp3) is 0.440. The lowest BCUT2D eigenvalue weighted by Crippen LogP contribution is -2.37. The van der Waals surface area contributed by atoms with E-state index >= 15 is 0 Å². The third kappa shape index (κ3) is 7.19. The Balaban J connectivity index is 1.52. The van der Waals surface area contributed by atoms with Crippen molar-refractivity contribution in [1.82, 2.24) is 5.32 Å². The van der Waals surface area contributed by atoms with Gasteiger partial charge in [0, 0.05) is 19.4 Å². The van der Waals surface area contributed by atoms with Gasteiger partial charge in [0.2, 0.25) is 0 Å². The molecular weight excluding hydrogens is 410 g/mol. The van der Waals surface area contributed by atoms with Gasteiger partial charge in [-0.2, -0.15) is 0 Å². The van der Waals surface area contributed by atoms with Gasteiger partial charge >= 0.3 is 0 Å². The van der Waals surface area contributed by atoms with Crippen LogP contribution in [0.25, 0.3) is 0 Å². The molecule has 3 rings (SSSR count). The Bertz CT molecular complexity index is 923. The van der Waals surface area contributed by atoms with Gasteiger partial charge in [-0.15, -0.1) is 12.6 Å². The van der Waals surface area contributed by atoms with E-state index < -0.39 is 5.60 Å².